The summed E-state index contributed by atoms with van der Waals surface area (Å²) in [5.74, 6) is 0.368. The Labute approximate surface area is 167 Å². The van der Waals surface area contributed by atoms with Crippen LogP contribution in [0, 0.1) is 6.92 Å². The molecule has 3 rings (SSSR count). The van der Waals surface area contributed by atoms with E-state index in [2.05, 4.69) is 26.2 Å². The quantitative estimate of drug-likeness (QED) is 0.582. The Hall–Kier alpha value is -2.66. The second-order valence-corrected chi connectivity index (χ2v) is 7.28. The zero-order valence-corrected chi connectivity index (χ0v) is 17.1. The molecule has 0 aliphatic rings. The molecule has 0 fully saturated rings. The molecule has 4 nitrogen and oxygen atoms in total. The minimum absolute atomic E-state index is 0.0670. The maximum absolute atomic E-state index is 12.6. The highest BCUT2D eigenvalue weighted by Crippen LogP contribution is 2.33. The molecule has 1 N–H and O–H groups in total. The lowest BCUT2D eigenvalue weighted by molar-refractivity contribution is -0.117. The van der Waals surface area contributed by atoms with Gasteiger partial charge in [0.1, 0.15) is 5.75 Å². The molecule has 1 aromatic heterocycles. The molecule has 0 saturated carbocycles. The van der Waals surface area contributed by atoms with Crippen LogP contribution >= 0.6 is 15.9 Å². The molecule has 1 heterocycles. The summed E-state index contributed by atoms with van der Waals surface area (Å²) in [6, 6.07) is 17.4. The van der Waals surface area contributed by atoms with Crippen LogP contribution in [-0.4, -0.2) is 18.0 Å². The van der Waals surface area contributed by atoms with Crippen molar-refractivity contribution >= 4 is 27.5 Å². The Bertz CT molecular complexity index is 972. The number of amides is 1. The van der Waals surface area contributed by atoms with Crippen molar-refractivity contribution in [1.82, 2.24) is 4.98 Å². The van der Waals surface area contributed by atoms with Crippen molar-refractivity contribution in [3.63, 3.8) is 0 Å². The van der Waals surface area contributed by atoms with Crippen LogP contribution in [0.5, 0.6) is 5.75 Å². The number of nitrogens with one attached hydrogen (secondary N) is 1. The van der Waals surface area contributed by atoms with E-state index in [0.717, 1.165) is 26.9 Å². The van der Waals surface area contributed by atoms with E-state index in [-0.39, 0.29) is 11.8 Å². The summed E-state index contributed by atoms with van der Waals surface area (Å²) in [5, 5.41) is 2.98. The average Bonchev–Trinajstić information content (AvgIpc) is 2.67. The van der Waals surface area contributed by atoms with Crippen molar-refractivity contribution in [1.29, 1.82) is 0 Å². The van der Waals surface area contributed by atoms with Gasteiger partial charge >= 0.3 is 0 Å². The summed E-state index contributed by atoms with van der Waals surface area (Å²) < 4.78 is 6.50. The lowest BCUT2D eigenvalue weighted by Crippen LogP contribution is -2.18. The molecule has 0 radical (unpaired) electrons. The van der Waals surface area contributed by atoms with Crippen LogP contribution in [-0.2, 0) is 4.79 Å². The molecule has 0 aliphatic carbocycles. The van der Waals surface area contributed by atoms with E-state index in [9.17, 15) is 4.79 Å². The second kappa shape index (κ2) is 8.35. The molecule has 0 unspecified atom stereocenters. The van der Waals surface area contributed by atoms with E-state index in [1.54, 1.807) is 13.3 Å². The first-order chi connectivity index (χ1) is 13.0. The standard InChI is InChI=1S/C22H21BrN2O2/c1-14-11-17(9-10-24-14)20-8-7-19(13-21(20)27-3)25-22(26)15(2)16-5-4-6-18(23)12-16/h4-13,15H,1-3H3,(H,25,26)/t15-/m0/s1. The van der Waals surface area contributed by atoms with Crippen LogP contribution in [0.2, 0.25) is 0 Å². The Morgan fingerprint density at radius 3 is 2.67 bits per heavy atom. The normalized spacial score (nSPS) is 11.7. The van der Waals surface area contributed by atoms with Gasteiger partial charge in [-0.15, -0.1) is 0 Å². The highest BCUT2D eigenvalue weighted by Gasteiger charge is 2.16. The fourth-order valence-electron chi connectivity index (χ4n) is 2.90. The van der Waals surface area contributed by atoms with E-state index >= 15 is 0 Å². The van der Waals surface area contributed by atoms with E-state index in [0.29, 0.717) is 11.4 Å². The SMILES string of the molecule is COc1cc(NC(=O)[C@@H](C)c2cccc(Br)c2)ccc1-c1ccnc(C)c1. The number of pyridine rings is 1. The number of nitrogens with zero attached hydrogens (tertiary/aromatic N) is 1. The van der Waals surface area contributed by atoms with E-state index in [4.69, 9.17) is 4.74 Å². The smallest absolute Gasteiger partial charge is 0.231 e. The minimum atomic E-state index is -0.268. The Balaban J connectivity index is 1.82. The maximum Gasteiger partial charge on any atom is 0.231 e. The van der Waals surface area contributed by atoms with Crippen molar-refractivity contribution in [2.75, 3.05) is 12.4 Å². The highest BCUT2D eigenvalue weighted by molar-refractivity contribution is 9.10. The van der Waals surface area contributed by atoms with Crippen molar-refractivity contribution in [3.8, 4) is 16.9 Å². The molecule has 27 heavy (non-hydrogen) atoms. The van der Waals surface area contributed by atoms with Gasteiger partial charge in [-0.1, -0.05) is 28.1 Å². The van der Waals surface area contributed by atoms with Gasteiger partial charge in [0.25, 0.3) is 0 Å². The van der Waals surface area contributed by atoms with Crippen molar-refractivity contribution in [2.24, 2.45) is 0 Å². The Morgan fingerprint density at radius 2 is 1.96 bits per heavy atom. The molecule has 0 spiro atoms. The molecule has 1 atom stereocenters. The van der Waals surface area contributed by atoms with Gasteiger partial charge < -0.3 is 10.1 Å². The van der Waals surface area contributed by atoms with Gasteiger partial charge in [0.2, 0.25) is 5.91 Å². The number of carbonyl (C=O) groups excluding carboxylic acids is 1. The van der Waals surface area contributed by atoms with E-state index < -0.39 is 0 Å². The summed E-state index contributed by atoms with van der Waals surface area (Å²) in [7, 11) is 1.63. The minimum Gasteiger partial charge on any atom is -0.496 e. The zero-order valence-electron chi connectivity index (χ0n) is 15.5. The number of aryl methyl sites for hydroxylation is 1. The van der Waals surface area contributed by atoms with Crippen LogP contribution < -0.4 is 10.1 Å². The third-order valence-corrected chi connectivity index (χ3v) is 4.91. The predicted molar refractivity (Wildman–Crippen MR) is 112 cm³/mol. The third-order valence-electron chi connectivity index (χ3n) is 4.42. The number of ether oxygens (including phenoxy) is 1. The predicted octanol–water partition coefficient (Wildman–Crippen LogP) is 5.57. The second-order valence-electron chi connectivity index (χ2n) is 6.37. The molecule has 5 heteroatoms. The molecule has 1 amide bonds. The first kappa shape index (κ1) is 19.1. The molecule has 2 aromatic carbocycles. The Morgan fingerprint density at radius 1 is 1.15 bits per heavy atom. The largest absolute Gasteiger partial charge is 0.496 e. The molecular weight excluding hydrogens is 404 g/mol. The van der Waals surface area contributed by atoms with Crippen LogP contribution in [0.25, 0.3) is 11.1 Å². The van der Waals surface area contributed by atoms with Gasteiger partial charge in [0.15, 0.2) is 0 Å². The number of rotatable bonds is 5. The molecular formula is C22H21BrN2O2. The number of hydrogen-bond donors (Lipinski definition) is 1. The van der Waals surface area contributed by atoms with Gasteiger partial charge in [-0.05, 0) is 61.4 Å². The summed E-state index contributed by atoms with van der Waals surface area (Å²) in [4.78, 5) is 16.9. The maximum atomic E-state index is 12.6. The summed E-state index contributed by atoms with van der Waals surface area (Å²) in [6.45, 7) is 3.84. The van der Waals surface area contributed by atoms with Gasteiger partial charge in [-0.3, -0.25) is 9.78 Å². The molecule has 0 aliphatic heterocycles. The first-order valence-corrected chi connectivity index (χ1v) is 9.44. The number of anilines is 1. The van der Waals surface area contributed by atoms with Crippen molar-refractivity contribution < 1.29 is 9.53 Å². The molecule has 138 valence electrons. The van der Waals surface area contributed by atoms with E-state index in [1.165, 1.54) is 0 Å². The van der Waals surface area contributed by atoms with Crippen LogP contribution in [0.3, 0.4) is 0 Å². The molecule has 3 aromatic rings. The van der Waals surface area contributed by atoms with Crippen molar-refractivity contribution in [2.45, 2.75) is 19.8 Å². The number of aromatic nitrogens is 1. The van der Waals surface area contributed by atoms with Gasteiger partial charge in [0.05, 0.1) is 13.0 Å². The number of hydrogen-bond acceptors (Lipinski definition) is 3. The van der Waals surface area contributed by atoms with Crippen molar-refractivity contribution in [3.05, 3.63) is 76.5 Å². The molecule has 0 bridgehead atoms. The fraction of sp³-hybridized carbons (Fsp3) is 0.182. The number of halogens is 1. The highest BCUT2D eigenvalue weighted by atomic mass is 79.9. The van der Waals surface area contributed by atoms with Crippen LogP contribution in [0.1, 0.15) is 24.1 Å². The Kier molecular flexibility index (Phi) is 5.91. The van der Waals surface area contributed by atoms with E-state index in [1.807, 2.05) is 68.4 Å². The monoisotopic (exact) mass is 424 g/mol. The van der Waals surface area contributed by atoms with Crippen LogP contribution in [0.4, 0.5) is 5.69 Å². The zero-order chi connectivity index (χ0) is 19.4. The summed E-state index contributed by atoms with van der Waals surface area (Å²) in [5.41, 5.74) is 4.58. The number of carbonyl (C=O) groups is 1. The fourth-order valence-corrected chi connectivity index (χ4v) is 3.32. The average molecular weight is 425 g/mol. The third kappa shape index (κ3) is 4.55. The molecule has 0 saturated heterocycles. The van der Waals surface area contributed by atoms with Gasteiger partial charge in [0, 0.05) is 33.7 Å². The summed E-state index contributed by atoms with van der Waals surface area (Å²) >= 11 is 3.45. The number of benzene rings is 2. The number of methoxy groups -OCH3 is 1. The topological polar surface area (TPSA) is 51.2 Å². The first-order valence-electron chi connectivity index (χ1n) is 8.65. The lowest BCUT2D eigenvalue weighted by atomic mass is 10.00. The van der Waals surface area contributed by atoms with Gasteiger partial charge in [-0.2, -0.15) is 0 Å². The van der Waals surface area contributed by atoms with Crippen LogP contribution in [0.15, 0.2) is 65.3 Å². The van der Waals surface area contributed by atoms with Gasteiger partial charge in [-0.25, -0.2) is 0 Å². The summed E-state index contributed by atoms with van der Waals surface area (Å²) in [6.07, 6.45) is 1.78. The lowest BCUT2D eigenvalue weighted by Gasteiger charge is -2.15.